The van der Waals surface area contributed by atoms with Crippen molar-refractivity contribution in [1.29, 1.82) is 0 Å². The van der Waals surface area contributed by atoms with Gasteiger partial charge in [0.1, 0.15) is 0 Å². The number of rotatable bonds is 7. The first kappa shape index (κ1) is 22.6. The first-order valence-corrected chi connectivity index (χ1v) is 10.9. The number of carboxylic acids is 1. The van der Waals surface area contributed by atoms with Crippen molar-refractivity contribution >= 4 is 23.6 Å². The lowest BCUT2D eigenvalue weighted by molar-refractivity contribution is -0.118. The van der Waals surface area contributed by atoms with E-state index in [9.17, 15) is 9.59 Å². The standard InChI is InChI=1S/C23H26N4O3S/c1-23(2,3)18-11-9-16(10-12-18)20-25-26-22(27(20)4)31-14-19(28)24-13-15-5-7-17(8-6-15)21(29)30/h5-12H,13-14H2,1-4H3,(H,24,28)(H,29,30). The Bertz CT molecular complexity index is 1070. The SMILES string of the molecule is Cn1c(SCC(=O)NCc2ccc(C(=O)O)cc2)nnc1-c1ccc(C(C)(C)C)cc1. The lowest BCUT2D eigenvalue weighted by atomic mass is 9.87. The second kappa shape index (κ2) is 9.34. The molecule has 0 fully saturated rings. The Balaban J connectivity index is 1.55. The molecule has 1 amide bonds. The molecule has 0 bridgehead atoms. The fourth-order valence-corrected chi connectivity index (χ4v) is 3.70. The van der Waals surface area contributed by atoms with Gasteiger partial charge in [-0.1, -0.05) is 68.9 Å². The number of carboxylic acid groups (broad SMARTS) is 1. The summed E-state index contributed by atoms with van der Waals surface area (Å²) in [5.74, 6) is -0.143. The van der Waals surface area contributed by atoms with Crippen molar-refractivity contribution < 1.29 is 14.7 Å². The van der Waals surface area contributed by atoms with Gasteiger partial charge in [-0.05, 0) is 28.7 Å². The lowest BCUT2D eigenvalue weighted by Crippen LogP contribution is -2.24. The van der Waals surface area contributed by atoms with Crippen molar-refractivity contribution in [3.63, 3.8) is 0 Å². The number of carbonyl (C=O) groups is 2. The molecule has 0 atom stereocenters. The number of nitrogens with zero attached hydrogens (tertiary/aromatic N) is 3. The molecular formula is C23H26N4O3S. The van der Waals surface area contributed by atoms with E-state index in [1.54, 1.807) is 12.1 Å². The zero-order chi connectivity index (χ0) is 22.6. The van der Waals surface area contributed by atoms with Crippen LogP contribution in [0.25, 0.3) is 11.4 Å². The van der Waals surface area contributed by atoms with Crippen molar-refractivity contribution in [3.05, 3.63) is 65.2 Å². The fraction of sp³-hybridized carbons (Fsp3) is 0.304. The summed E-state index contributed by atoms with van der Waals surface area (Å²) in [7, 11) is 1.89. The van der Waals surface area contributed by atoms with Crippen molar-refractivity contribution in [3.8, 4) is 11.4 Å². The summed E-state index contributed by atoms with van der Waals surface area (Å²) >= 11 is 1.32. The molecule has 1 heterocycles. The Labute approximate surface area is 185 Å². The van der Waals surface area contributed by atoms with Gasteiger partial charge in [-0.15, -0.1) is 10.2 Å². The summed E-state index contributed by atoms with van der Waals surface area (Å²) in [5.41, 5.74) is 3.37. The van der Waals surface area contributed by atoms with Gasteiger partial charge in [0.2, 0.25) is 5.91 Å². The smallest absolute Gasteiger partial charge is 0.335 e. The Morgan fingerprint density at radius 2 is 1.68 bits per heavy atom. The van der Waals surface area contributed by atoms with Gasteiger partial charge in [0, 0.05) is 19.2 Å². The minimum atomic E-state index is -0.972. The predicted molar refractivity (Wildman–Crippen MR) is 121 cm³/mol. The molecule has 0 aliphatic carbocycles. The van der Waals surface area contributed by atoms with Crippen molar-refractivity contribution in [1.82, 2.24) is 20.1 Å². The zero-order valence-corrected chi connectivity index (χ0v) is 18.9. The maximum Gasteiger partial charge on any atom is 0.335 e. The highest BCUT2D eigenvalue weighted by Crippen LogP contribution is 2.27. The summed E-state index contributed by atoms with van der Waals surface area (Å²) in [5, 5.41) is 20.9. The van der Waals surface area contributed by atoms with Crippen LogP contribution in [0.5, 0.6) is 0 Å². The van der Waals surface area contributed by atoms with Gasteiger partial charge in [0.25, 0.3) is 0 Å². The first-order valence-electron chi connectivity index (χ1n) is 9.87. The summed E-state index contributed by atoms with van der Waals surface area (Å²) < 4.78 is 1.88. The fourth-order valence-electron chi connectivity index (χ4n) is 2.96. The highest BCUT2D eigenvalue weighted by atomic mass is 32.2. The number of nitrogens with one attached hydrogen (secondary N) is 1. The third-order valence-electron chi connectivity index (χ3n) is 4.87. The van der Waals surface area contributed by atoms with Gasteiger partial charge in [0.05, 0.1) is 11.3 Å². The molecule has 0 unspecified atom stereocenters. The van der Waals surface area contributed by atoms with Crippen LogP contribution in [0.15, 0.2) is 53.7 Å². The average molecular weight is 439 g/mol. The molecule has 2 aromatic carbocycles. The molecule has 0 aliphatic heterocycles. The molecule has 3 aromatic rings. The molecule has 0 spiro atoms. The van der Waals surface area contributed by atoms with Gasteiger partial charge in [-0.25, -0.2) is 4.79 Å². The molecule has 3 rings (SSSR count). The van der Waals surface area contributed by atoms with Crippen molar-refractivity contribution in [2.75, 3.05) is 5.75 Å². The Morgan fingerprint density at radius 3 is 2.26 bits per heavy atom. The second-order valence-electron chi connectivity index (χ2n) is 8.26. The van der Waals surface area contributed by atoms with Crippen molar-refractivity contribution in [2.45, 2.75) is 37.9 Å². The van der Waals surface area contributed by atoms with E-state index in [1.807, 2.05) is 23.7 Å². The van der Waals surface area contributed by atoms with Crippen LogP contribution in [0.2, 0.25) is 0 Å². The van der Waals surface area contributed by atoms with Gasteiger partial charge in [-0.3, -0.25) is 4.79 Å². The molecule has 0 radical (unpaired) electrons. The molecular weight excluding hydrogens is 412 g/mol. The summed E-state index contributed by atoms with van der Waals surface area (Å²) in [6, 6.07) is 14.7. The van der Waals surface area contributed by atoms with E-state index in [-0.39, 0.29) is 22.6 Å². The van der Waals surface area contributed by atoms with E-state index >= 15 is 0 Å². The normalized spacial score (nSPS) is 11.4. The van der Waals surface area contributed by atoms with E-state index in [0.29, 0.717) is 11.7 Å². The number of aromatic carboxylic acids is 1. The Morgan fingerprint density at radius 1 is 1.03 bits per heavy atom. The van der Waals surface area contributed by atoms with Crippen LogP contribution in [-0.4, -0.2) is 37.5 Å². The highest BCUT2D eigenvalue weighted by Gasteiger charge is 2.16. The predicted octanol–water partition coefficient (Wildman–Crippen LogP) is 3.89. The molecule has 0 aliphatic rings. The van der Waals surface area contributed by atoms with Gasteiger partial charge in [-0.2, -0.15) is 0 Å². The third-order valence-corrected chi connectivity index (χ3v) is 5.89. The zero-order valence-electron chi connectivity index (χ0n) is 18.0. The molecule has 8 heteroatoms. The highest BCUT2D eigenvalue weighted by molar-refractivity contribution is 7.99. The lowest BCUT2D eigenvalue weighted by Gasteiger charge is -2.19. The maximum atomic E-state index is 12.2. The molecule has 1 aromatic heterocycles. The van der Waals surface area contributed by atoms with Crippen LogP contribution in [-0.2, 0) is 23.8 Å². The van der Waals surface area contributed by atoms with Crippen LogP contribution in [0.3, 0.4) is 0 Å². The van der Waals surface area contributed by atoms with Crippen LogP contribution in [0, 0.1) is 0 Å². The summed E-state index contributed by atoms with van der Waals surface area (Å²) in [4.78, 5) is 23.1. The number of carbonyl (C=O) groups excluding carboxylic acids is 1. The molecule has 2 N–H and O–H groups in total. The van der Waals surface area contributed by atoms with E-state index in [1.165, 1.54) is 29.5 Å². The number of hydrogen-bond acceptors (Lipinski definition) is 5. The third kappa shape index (κ3) is 5.73. The number of benzene rings is 2. The first-order chi connectivity index (χ1) is 14.6. The monoisotopic (exact) mass is 438 g/mol. The number of hydrogen-bond donors (Lipinski definition) is 2. The minimum absolute atomic E-state index is 0.0884. The maximum absolute atomic E-state index is 12.2. The molecule has 31 heavy (non-hydrogen) atoms. The van der Waals surface area contributed by atoms with Crippen molar-refractivity contribution in [2.24, 2.45) is 7.05 Å². The number of amides is 1. The molecule has 0 saturated heterocycles. The van der Waals surface area contributed by atoms with E-state index in [0.717, 1.165) is 17.0 Å². The van der Waals surface area contributed by atoms with E-state index in [2.05, 4.69) is 48.4 Å². The minimum Gasteiger partial charge on any atom is -0.478 e. The average Bonchev–Trinajstić information content (AvgIpc) is 3.10. The molecule has 0 saturated carbocycles. The molecule has 7 nitrogen and oxygen atoms in total. The topological polar surface area (TPSA) is 97.1 Å². The summed E-state index contributed by atoms with van der Waals surface area (Å²) in [6.07, 6.45) is 0. The Kier molecular flexibility index (Phi) is 6.80. The van der Waals surface area contributed by atoms with Crippen LogP contribution < -0.4 is 5.32 Å². The second-order valence-corrected chi connectivity index (χ2v) is 9.20. The van der Waals surface area contributed by atoms with Crippen LogP contribution >= 0.6 is 11.8 Å². The van der Waals surface area contributed by atoms with Gasteiger partial charge >= 0.3 is 5.97 Å². The van der Waals surface area contributed by atoms with E-state index in [4.69, 9.17) is 5.11 Å². The summed E-state index contributed by atoms with van der Waals surface area (Å²) in [6.45, 7) is 6.86. The number of thioether (sulfide) groups is 1. The quantitative estimate of drug-likeness (QED) is 0.543. The Hall–Kier alpha value is -3.13. The van der Waals surface area contributed by atoms with Crippen LogP contribution in [0.1, 0.15) is 42.3 Å². The van der Waals surface area contributed by atoms with E-state index < -0.39 is 5.97 Å². The van der Waals surface area contributed by atoms with Gasteiger partial charge in [0.15, 0.2) is 11.0 Å². The molecule has 162 valence electrons. The van der Waals surface area contributed by atoms with Gasteiger partial charge < -0.3 is 15.0 Å². The largest absolute Gasteiger partial charge is 0.478 e. The van der Waals surface area contributed by atoms with Crippen LogP contribution in [0.4, 0.5) is 0 Å². The number of aromatic nitrogens is 3.